The third-order valence-corrected chi connectivity index (χ3v) is 7.39. The molecular weight excluding hydrogens is 344 g/mol. The fraction of sp³-hybridized carbons (Fsp3) is 0.647. The normalized spacial score (nSPS) is 27.1. The Morgan fingerprint density at radius 2 is 1.84 bits per heavy atom. The van der Waals surface area contributed by atoms with E-state index < -0.39 is 43.8 Å². The van der Waals surface area contributed by atoms with Gasteiger partial charge in [-0.3, -0.25) is 14.4 Å². The molecule has 0 bridgehead atoms. The van der Waals surface area contributed by atoms with Crippen molar-refractivity contribution in [3.63, 3.8) is 0 Å². The number of nitrogens with one attached hydrogen (secondary N) is 1. The molecule has 7 nitrogen and oxygen atoms in total. The maximum Gasteiger partial charge on any atom is 0.408 e. The predicted molar refractivity (Wildman–Crippen MR) is 94.5 cm³/mol. The zero-order valence-corrected chi connectivity index (χ0v) is 15.9. The number of carbonyl (C=O) groups is 2. The molecule has 0 aliphatic heterocycles. The number of sulfonamides is 1. The molecule has 2 N–H and O–H groups in total. The van der Waals surface area contributed by atoms with E-state index in [4.69, 9.17) is 0 Å². The summed E-state index contributed by atoms with van der Waals surface area (Å²) >= 11 is 0. The zero-order valence-electron chi connectivity index (χ0n) is 15.1. The van der Waals surface area contributed by atoms with Crippen molar-refractivity contribution < 1.29 is 23.1 Å². The topological polar surface area (TPSA) is 104 Å². The maximum atomic E-state index is 12.9. The van der Waals surface area contributed by atoms with Crippen molar-refractivity contribution in [1.82, 2.24) is 9.62 Å². The van der Waals surface area contributed by atoms with Crippen LogP contribution in [0.25, 0.3) is 0 Å². The minimum Gasteiger partial charge on any atom is -0.465 e. The lowest BCUT2D eigenvalue weighted by atomic mass is 10.00. The lowest BCUT2D eigenvalue weighted by molar-refractivity contribution is -0.128. The highest BCUT2D eigenvalue weighted by Crippen LogP contribution is 2.53. The highest BCUT2D eigenvalue weighted by molar-refractivity contribution is 7.92. The summed E-state index contributed by atoms with van der Waals surface area (Å²) in [6, 6.07) is 0. The van der Waals surface area contributed by atoms with Gasteiger partial charge in [0.15, 0.2) is 0 Å². The van der Waals surface area contributed by atoms with Crippen LogP contribution in [-0.2, 0) is 14.8 Å². The number of carbonyl (C=O) groups excluding carboxylic acids is 1. The Hall–Kier alpha value is -1.83. The third kappa shape index (κ3) is 2.86. The summed E-state index contributed by atoms with van der Waals surface area (Å²) in [7, 11) is -3.98. The average Bonchev–Trinajstić information content (AvgIpc) is 3.30. The summed E-state index contributed by atoms with van der Waals surface area (Å²) in [6.45, 7) is 14.0. The van der Waals surface area contributed by atoms with Crippen LogP contribution in [0.5, 0.6) is 0 Å². The highest BCUT2D eigenvalue weighted by Gasteiger charge is 2.68. The first-order valence-electron chi connectivity index (χ1n) is 8.15. The zero-order chi connectivity index (χ0) is 19.4. The first kappa shape index (κ1) is 19.5. The molecule has 2 atom stereocenters. The van der Waals surface area contributed by atoms with E-state index in [2.05, 4.69) is 17.9 Å². The molecule has 2 amide bonds. The molecule has 2 aliphatic carbocycles. The number of carboxylic acid groups (broad SMARTS) is 1. The van der Waals surface area contributed by atoms with Crippen molar-refractivity contribution in [2.24, 2.45) is 5.92 Å². The van der Waals surface area contributed by atoms with Gasteiger partial charge in [0.1, 0.15) is 10.3 Å². The highest BCUT2D eigenvalue weighted by atomic mass is 32.2. The Morgan fingerprint density at radius 1 is 1.32 bits per heavy atom. The molecule has 8 heteroatoms. The van der Waals surface area contributed by atoms with Crippen molar-refractivity contribution in [3.8, 4) is 0 Å². The van der Waals surface area contributed by atoms with Crippen molar-refractivity contribution in [3.05, 3.63) is 24.8 Å². The molecule has 0 heterocycles. The molecule has 0 unspecified atom stereocenters. The Bertz CT molecular complexity index is 745. The van der Waals surface area contributed by atoms with Crippen LogP contribution in [0.3, 0.4) is 0 Å². The van der Waals surface area contributed by atoms with Crippen LogP contribution in [-0.4, -0.2) is 46.2 Å². The summed E-state index contributed by atoms with van der Waals surface area (Å²) in [6.07, 6.45) is 1.25. The molecule has 0 radical (unpaired) electrons. The van der Waals surface area contributed by atoms with Gasteiger partial charge in [0, 0.05) is 11.5 Å². The molecular formula is C17H26N2O5S. The fourth-order valence-corrected chi connectivity index (χ4v) is 5.29. The summed E-state index contributed by atoms with van der Waals surface area (Å²) in [4.78, 5) is 25.8. The van der Waals surface area contributed by atoms with Gasteiger partial charge in [0.05, 0.1) is 0 Å². The van der Waals surface area contributed by atoms with Crippen LogP contribution >= 0.6 is 0 Å². The van der Waals surface area contributed by atoms with E-state index in [-0.39, 0.29) is 6.42 Å². The predicted octanol–water partition coefficient (Wildman–Crippen LogP) is 2.26. The summed E-state index contributed by atoms with van der Waals surface area (Å²) in [5, 5.41) is 9.65. The first-order valence-corrected chi connectivity index (χ1v) is 9.63. The van der Waals surface area contributed by atoms with Crippen molar-refractivity contribution in [2.75, 3.05) is 0 Å². The average molecular weight is 370 g/mol. The number of hydrogen-bond donors (Lipinski definition) is 2. The van der Waals surface area contributed by atoms with Crippen molar-refractivity contribution in [2.45, 2.75) is 62.8 Å². The molecule has 2 aliphatic rings. The van der Waals surface area contributed by atoms with Gasteiger partial charge in [0.2, 0.25) is 10.0 Å². The number of nitrogens with zero attached hydrogens (tertiary/aromatic N) is 1. The van der Waals surface area contributed by atoms with E-state index in [1.165, 1.54) is 6.08 Å². The molecule has 0 aromatic carbocycles. The second kappa shape index (κ2) is 5.59. The molecule has 2 fully saturated rings. The molecule has 2 rings (SSSR count). The van der Waals surface area contributed by atoms with Crippen LogP contribution in [0.2, 0.25) is 0 Å². The first-order chi connectivity index (χ1) is 11.3. The van der Waals surface area contributed by atoms with Gasteiger partial charge in [-0.25, -0.2) is 13.2 Å². The van der Waals surface area contributed by atoms with Gasteiger partial charge in [-0.2, -0.15) is 0 Å². The van der Waals surface area contributed by atoms with E-state index in [0.717, 1.165) is 4.90 Å². The van der Waals surface area contributed by atoms with Crippen LogP contribution in [0, 0.1) is 5.92 Å². The monoisotopic (exact) mass is 370 g/mol. The minimum atomic E-state index is -3.98. The lowest BCUT2D eigenvalue weighted by Crippen LogP contribution is -2.61. The maximum absolute atomic E-state index is 12.9. The van der Waals surface area contributed by atoms with Gasteiger partial charge >= 0.3 is 6.09 Å². The third-order valence-electron chi connectivity index (χ3n) is 5.15. The van der Waals surface area contributed by atoms with E-state index in [9.17, 15) is 23.1 Å². The summed E-state index contributed by atoms with van der Waals surface area (Å²) in [5.41, 5.74) is -1.86. The standard InChI is InChI=1S/C17H26N2O5S/c1-7-12-10-17(12,19(14(21)22)15(4,5)6)13(20)18-25(23,24)16(8-9-16)11(2)3/h7,12H,1-2,8-10H2,3-6H3,(H,18,20)(H,21,22)/t12-,17-/m1/s1. The second-order valence-corrected chi connectivity index (χ2v) is 9.96. The van der Waals surface area contributed by atoms with Gasteiger partial charge < -0.3 is 5.11 Å². The Labute approximate surface area is 148 Å². The number of hydrogen-bond acceptors (Lipinski definition) is 4. The van der Waals surface area contributed by atoms with Crippen molar-refractivity contribution in [1.29, 1.82) is 0 Å². The van der Waals surface area contributed by atoms with Gasteiger partial charge in [-0.05, 0) is 47.0 Å². The Balaban J connectivity index is 2.39. The van der Waals surface area contributed by atoms with Crippen LogP contribution in [0.1, 0.15) is 47.0 Å². The number of amides is 2. The quantitative estimate of drug-likeness (QED) is 0.698. The molecule has 0 aromatic rings. The fourth-order valence-electron chi connectivity index (χ4n) is 3.58. The molecule has 0 spiro atoms. The lowest BCUT2D eigenvalue weighted by Gasteiger charge is -2.40. The van der Waals surface area contributed by atoms with Gasteiger partial charge in [0.25, 0.3) is 5.91 Å². The van der Waals surface area contributed by atoms with Gasteiger partial charge in [-0.15, -0.1) is 6.58 Å². The minimum absolute atomic E-state index is 0.210. The SMILES string of the molecule is C=C[C@@H]1C[C@@]1(C(=O)NS(=O)(=O)C1(C(=C)C)CC1)N(C(=O)O)C(C)(C)C. The summed E-state index contributed by atoms with van der Waals surface area (Å²) in [5.74, 6) is -1.25. The molecule has 0 aromatic heterocycles. The van der Waals surface area contributed by atoms with Crippen LogP contribution < -0.4 is 4.72 Å². The Kier molecular flexibility index (Phi) is 4.36. The largest absolute Gasteiger partial charge is 0.465 e. The smallest absolute Gasteiger partial charge is 0.408 e. The number of rotatable bonds is 6. The van der Waals surface area contributed by atoms with Gasteiger partial charge in [-0.1, -0.05) is 18.2 Å². The molecule has 140 valence electrons. The van der Waals surface area contributed by atoms with E-state index >= 15 is 0 Å². The summed E-state index contributed by atoms with van der Waals surface area (Å²) < 4.78 is 26.4. The van der Waals surface area contributed by atoms with E-state index in [1.807, 2.05) is 0 Å². The second-order valence-electron chi connectivity index (χ2n) is 7.97. The van der Waals surface area contributed by atoms with E-state index in [1.54, 1.807) is 27.7 Å². The van der Waals surface area contributed by atoms with Crippen LogP contribution in [0.4, 0.5) is 4.79 Å². The molecule has 2 saturated carbocycles. The molecule has 25 heavy (non-hydrogen) atoms. The van der Waals surface area contributed by atoms with Crippen molar-refractivity contribution >= 4 is 22.0 Å². The Morgan fingerprint density at radius 3 is 2.12 bits per heavy atom. The van der Waals surface area contributed by atoms with E-state index in [0.29, 0.717) is 18.4 Å². The van der Waals surface area contributed by atoms with Crippen LogP contribution in [0.15, 0.2) is 24.8 Å². The molecule has 0 saturated heterocycles.